The van der Waals surface area contributed by atoms with Crippen LogP contribution in [-0.4, -0.2) is 42.4 Å². The summed E-state index contributed by atoms with van der Waals surface area (Å²) in [6.07, 6.45) is 0. The Balaban J connectivity index is 2.30. The Morgan fingerprint density at radius 1 is 1.50 bits per heavy atom. The monoisotopic (exact) mass is 288 g/mol. The number of halogens is 1. The minimum Gasteiger partial charge on any atom is -0.394 e. The van der Waals surface area contributed by atoms with Crippen molar-refractivity contribution in [2.45, 2.75) is 0 Å². The number of hydrogen-bond acceptors (Lipinski definition) is 4. The lowest BCUT2D eigenvalue weighted by Gasteiger charge is -2.05. The number of carbonyl (C=O) groups excluding carboxylic acids is 1. The van der Waals surface area contributed by atoms with E-state index in [1.165, 1.54) is 0 Å². The van der Waals surface area contributed by atoms with Gasteiger partial charge in [0.1, 0.15) is 10.3 Å². The van der Waals surface area contributed by atoms with E-state index in [1.54, 1.807) is 18.2 Å². The SMILES string of the molecule is O=C(NCCOCCO)c1cccc(Br)n1. The zero-order valence-corrected chi connectivity index (χ0v) is 10.2. The molecule has 5 nitrogen and oxygen atoms in total. The molecule has 1 aromatic rings. The zero-order chi connectivity index (χ0) is 11.8. The fraction of sp³-hybridized carbons (Fsp3) is 0.400. The van der Waals surface area contributed by atoms with Crippen LogP contribution < -0.4 is 5.32 Å². The largest absolute Gasteiger partial charge is 0.394 e. The van der Waals surface area contributed by atoms with Gasteiger partial charge in [-0.2, -0.15) is 0 Å². The van der Waals surface area contributed by atoms with Crippen LogP contribution in [0.3, 0.4) is 0 Å². The summed E-state index contributed by atoms with van der Waals surface area (Å²) in [5.41, 5.74) is 0.358. The third kappa shape index (κ3) is 4.69. The fourth-order valence-electron chi connectivity index (χ4n) is 1.03. The molecule has 1 amide bonds. The topological polar surface area (TPSA) is 71.5 Å². The first-order valence-electron chi connectivity index (χ1n) is 4.83. The molecule has 1 heterocycles. The maximum absolute atomic E-state index is 11.5. The van der Waals surface area contributed by atoms with Crippen LogP contribution in [0.25, 0.3) is 0 Å². The van der Waals surface area contributed by atoms with E-state index in [9.17, 15) is 4.79 Å². The van der Waals surface area contributed by atoms with Crippen LogP contribution in [0, 0.1) is 0 Å². The van der Waals surface area contributed by atoms with Crippen molar-refractivity contribution in [2.24, 2.45) is 0 Å². The quantitative estimate of drug-likeness (QED) is 0.593. The third-order valence-electron chi connectivity index (χ3n) is 1.72. The van der Waals surface area contributed by atoms with Crippen LogP contribution in [0.4, 0.5) is 0 Å². The number of hydrogen-bond donors (Lipinski definition) is 2. The van der Waals surface area contributed by atoms with Crippen molar-refractivity contribution in [3.8, 4) is 0 Å². The predicted octanol–water partition coefficient (Wildman–Crippen LogP) is 0.583. The molecule has 1 aromatic heterocycles. The number of aliphatic hydroxyl groups excluding tert-OH is 1. The van der Waals surface area contributed by atoms with Gasteiger partial charge in [-0.15, -0.1) is 0 Å². The molecule has 0 aliphatic rings. The van der Waals surface area contributed by atoms with Gasteiger partial charge in [-0.25, -0.2) is 4.98 Å². The van der Waals surface area contributed by atoms with Gasteiger partial charge in [-0.05, 0) is 28.1 Å². The molecule has 0 aliphatic heterocycles. The number of nitrogens with zero attached hydrogens (tertiary/aromatic N) is 1. The molecule has 2 N–H and O–H groups in total. The van der Waals surface area contributed by atoms with Gasteiger partial charge < -0.3 is 15.2 Å². The van der Waals surface area contributed by atoms with E-state index >= 15 is 0 Å². The number of ether oxygens (including phenoxy) is 1. The van der Waals surface area contributed by atoms with Crippen molar-refractivity contribution < 1.29 is 14.6 Å². The molecule has 88 valence electrons. The lowest BCUT2D eigenvalue weighted by molar-refractivity contribution is 0.0835. The maximum Gasteiger partial charge on any atom is 0.270 e. The highest BCUT2D eigenvalue weighted by Gasteiger charge is 2.05. The molecule has 0 aliphatic carbocycles. The van der Waals surface area contributed by atoms with E-state index in [-0.39, 0.29) is 19.1 Å². The Hall–Kier alpha value is -0.980. The second-order valence-electron chi connectivity index (χ2n) is 2.94. The van der Waals surface area contributed by atoms with Crippen LogP contribution in [0.1, 0.15) is 10.5 Å². The van der Waals surface area contributed by atoms with Crippen molar-refractivity contribution in [3.63, 3.8) is 0 Å². The van der Waals surface area contributed by atoms with Crippen molar-refractivity contribution in [1.29, 1.82) is 0 Å². The molecule has 0 saturated carbocycles. The van der Waals surface area contributed by atoms with Crippen molar-refractivity contribution in [2.75, 3.05) is 26.4 Å². The van der Waals surface area contributed by atoms with Crippen molar-refractivity contribution >= 4 is 21.8 Å². The highest BCUT2D eigenvalue weighted by Crippen LogP contribution is 2.05. The summed E-state index contributed by atoms with van der Waals surface area (Å²) in [6, 6.07) is 5.13. The van der Waals surface area contributed by atoms with E-state index in [0.29, 0.717) is 23.4 Å². The van der Waals surface area contributed by atoms with E-state index in [1.807, 2.05) is 0 Å². The third-order valence-corrected chi connectivity index (χ3v) is 2.16. The number of pyridine rings is 1. The van der Waals surface area contributed by atoms with E-state index in [2.05, 4.69) is 26.2 Å². The summed E-state index contributed by atoms with van der Waals surface area (Å²) in [5.74, 6) is -0.242. The van der Waals surface area contributed by atoms with Crippen LogP contribution in [0.2, 0.25) is 0 Å². The molecule has 0 saturated heterocycles. The first-order chi connectivity index (χ1) is 7.74. The van der Waals surface area contributed by atoms with Gasteiger partial charge in [0.05, 0.1) is 19.8 Å². The van der Waals surface area contributed by atoms with Gasteiger partial charge in [0.25, 0.3) is 5.91 Å². The van der Waals surface area contributed by atoms with Gasteiger partial charge in [0.15, 0.2) is 0 Å². The highest BCUT2D eigenvalue weighted by atomic mass is 79.9. The Bertz CT molecular complexity index is 347. The Labute approximate surface area is 102 Å². The number of nitrogens with one attached hydrogen (secondary N) is 1. The Morgan fingerprint density at radius 3 is 3.00 bits per heavy atom. The molecule has 0 fully saturated rings. The fourth-order valence-corrected chi connectivity index (χ4v) is 1.37. The lowest BCUT2D eigenvalue weighted by Crippen LogP contribution is -2.28. The maximum atomic E-state index is 11.5. The molecular formula is C10H13BrN2O3. The molecule has 0 radical (unpaired) electrons. The molecule has 1 rings (SSSR count). The Kier molecular flexibility index (Phi) is 5.99. The molecule has 0 atom stereocenters. The summed E-state index contributed by atoms with van der Waals surface area (Å²) in [4.78, 5) is 15.5. The zero-order valence-electron chi connectivity index (χ0n) is 8.65. The minimum atomic E-state index is -0.242. The summed E-state index contributed by atoms with van der Waals surface area (Å²) in [5, 5.41) is 11.1. The smallest absolute Gasteiger partial charge is 0.270 e. The number of amides is 1. The molecule has 0 unspecified atom stereocenters. The lowest BCUT2D eigenvalue weighted by atomic mass is 10.3. The Morgan fingerprint density at radius 2 is 2.31 bits per heavy atom. The van der Waals surface area contributed by atoms with Gasteiger partial charge in [-0.1, -0.05) is 6.07 Å². The van der Waals surface area contributed by atoms with Gasteiger partial charge in [-0.3, -0.25) is 4.79 Å². The predicted molar refractivity (Wildman–Crippen MR) is 62.2 cm³/mol. The average Bonchev–Trinajstić information content (AvgIpc) is 2.28. The van der Waals surface area contributed by atoms with Crippen LogP contribution >= 0.6 is 15.9 Å². The van der Waals surface area contributed by atoms with Crippen LogP contribution in [0.5, 0.6) is 0 Å². The second kappa shape index (κ2) is 7.32. The van der Waals surface area contributed by atoms with Gasteiger partial charge >= 0.3 is 0 Å². The highest BCUT2D eigenvalue weighted by molar-refractivity contribution is 9.10. The van der Waals surface area contributed by atoms with Crippen molar-refractivity contribution in [1.82, 2.24) is 10.3 Å². The molecule has 0 bridgehead atoms. The number of aromatic nitrogens is 1. The number of rotatable bonds is 6. The minimum absolute atomic E-state index is 0.0128. The van der Waals surface area contributed by atoms with Gasteiger partial charge in [0, 0.05) is 6.54 Å². The van der Waals surface area contributed by atoms with Crippen LogP contribution in [-0.2, 0) is 4.74 Å². The van der Waals surface area contributed by atoms with E-state index < -0.39 is 0 Å². The average molecular weight is 289 g/mol. The van der Waals surface area contributed by atoms with Gasteiger partial charge in [0.2, 0.25) is 0 Å². The first-order valence-corrected chi connectivity index (χ1v) is 5.62. The first kappa shape index (κ1) is 13.1. The molecule has 6 heteroatoms. The van der Waals surface area contributed by atoms with Crippen LogP contribution in [0.15, 0.2) is 22.8 Å². The van der Waals surface area contributed by atoms with Crippen molar-refractivity contribution in [3.05, 3.63) is 28.5 Å². The standard InChI is InChI=1S/C10H13BrN2O3/c11-9-3-1-2-8(13-9)10(15)12-4-6-16-7-5-14/h1-3,14H,4-7H2,(H,12,15). The summed E-state index contributed by atoms with van der Waals surface area (Å²) >= 11 is 3.19. The summed E-state index contributed by atoms with van der Waals surface area (Å²) in [7, 11) is 0. The second-order valence-corrected chi connectivity index (χ2v) is 3.75. The molecular weight excluding hydrogens is 276 g/mol. The summed E-state index contributed by atoms with van der Waals surface area (Å²) < 4.78 is 5.62. The molecule has 0 aromatic carbocycles. The normalized spacial score (nSPS) is 10.1. The molecule has 16 heavy (non-hydrogen) atoms. The molecule has 0 spiro atoms. The summed E-state index contributed by atoms with van der Waals surface area (Å²) in [6.45, 7) is 1.04. The van der Waals surface area contributed by atoms with E-state index in [4.69, 9.17) is 9.84 Å². The number of carbonyl (C=O) groups is 1. The van der Waals surface area contributed by atoms with E-state index in [0.717, 1.165) is 0 Å². The number of aliphatic hydroxyl groups is 1.